The summed E-state index contributed by atoms with van der Waals surface area (Å²) in [6, 6.07) is 16.4. The van der Waals surface area contributed by atoms with Crippen LogP contribution in [0.5, 0.6) is 5.75 Å². The van der Waals surface area contributed by atoms with E-state index in [0.29, 0.717) is 31.8 Å². The van der Waals surface area contributed by atoms with Crippen LogP contribution in [0.15, 0.2) is 48.5 Å². The summed E-state index contributed by atoms with van der Waals surface area (Å²) < 4.78 is 5.20. The van der Waals surface area contributed by atoms with Crippen LogP contribution in [0.25, 0.3) is 0 Å². The Morgan fingerprint density at radius 2 is 1.74 bits per heavy atom. The van der Waals surface area contributed by atoms with Gasteiger partial charge in [0.05, 0.1) is 13.2 Å². The molecule has 0 aliphatic carbocycles. The Hall–Kier alpha value is -2.82. The highest BCUT2D eigenvalue weighted by atomic mass is 16.5. The second kappa shape index (κ2) is 9.54. The van der Waals surface area contributed by atoms with Crippen LogP contribution in [0.1, 0.15) is 42.4 Å². The molecule has 2 aliphatic rings. The second-order valence-electron chi connectivity index (χ2n) is 8.87. The quantitative estimate of drug-likeness (QED) is 0.710. The van der Waals surface area contributed by atoms with Gasteiger partial charge in [-0.25, -0.2) is 0 Å². The summed E-state index contributed by atoms with van der Waals surface area (Å²) in [4.78, 5) is 29.9. The lowest BCUT2D eigenvalue weighted by Gasteiger charge is -2.30. The van der Waals surface area contributed by atoms with Crippen molar-refractivity contribution >= 4 is 11.8 Å². The minimum atomic E-state index is 0.126. The van der Waals surface area contributed by atoms with E-state index in [9.17, 15) is 9.59 Å². The van der Waals surface area contributed by atoms with Crippen molar-refractivity contribution in [1.82, 2.24) is 9.80 Å². The van der Waals surface area contributed by atoms with Crippen molar-refractivity contribution in [2.24, 2.45) is 5.92 Å². The van der Waals surface area contributed by atoms with E-state index in [4.69, 9.17) is 4.74 Å². The number of fused-ring (bicyclic) bond motifs is 1. The van der Waals surface area contributed by atoms with Gasteiger partial charge in [0.25, 0.3) is 0 Å². The number of carbonyl (C=O) groups is 2. The number of aryl methyl sites for hydroxylation is 2. The van der Waals surface area contributed by atoms with Crippen molar-refractivity contribution in [3.63, 3.8) is 0 Å². The fourth-order valence-corrected chi connectivity index (χ4v) is 4.84. The number of carbonyl (C=O) groups excluding carboxylic acids is 2. The third-order valence-electron chi connectivity index (χ3n) is 6.71. The number of rotatable bonds is 6. The molecule has 2 fully saturated rings. The van der Waals surface area contributed by atoms with Crippen LogP contribution >= 0.6 is 0 Å². The zero-order valence-corrected chi connectivity index (χ0v) is 18.5. The average molecular weight is 421 g/mol. The molecule has 0 saturated carbocycles. The van der Waals surface area contributed by atoms with Gasteiger partial charge in [-0.3, -0.25) is 9.59 Å². The molecule has 2 aromatic carbocycles. The van der Waals surface area contributed by atoms with E-state index in [0.717, 1.165) is 42.7 Å². The van der Waals surface area contributed by atoms with Crippen LogP contribution in [0.3, 0.4) is 0 Å². The maximum Gasteiger partial charge on any atom is 0.223 e. The van der Waals surface area contributed by atoms with Gasteiger partial charge >= 0.3 is 0 Å². The Bertz CT molecular complexity index is 907. The van der Waals surface area contributed by atoms with E-state index < -0.39 is 0 Å². The fourth-order valence-electron chi connectivity index (χ4n) is 4.84. The molecule has 5 heteroatoms. The first-order valence-electron chi connectivity index (χ1n) is 11.3. The lowest BCUT2D eigenvalue weighted by molar-refractivity contribution is -0.135. The summed E-state index contributed by atoms with van der Waals surface area (Å²) in [5.41, 5.74) is 3.51. The molecule has 0 radical (unpaired) electrons. The summed E-state index contributed by atoms with van der Waals surface area (Å²) >= 11 is 0. The van der Waals surface area contributed by atoms with Gasteiger partial charge in [-0.2, -0.15) is 0 Å². The van der Waals surface area contributed by atoms with E-state index >= 15 is 0 Å². The van der Waals surface area contributed by atoms with Gasteiger partial charge in [0, 0.05) is 32.5 Å². The molecule has 31 heavy (non-hydrogen) atoms. The molecule has 0 N–H and O–H groups in total. The van der Waals surface area contributed by atoms with Crippen LogP contribution in [-0.4, -0.2) is 47.9 Å². The predicted octanol–water partition coefficient (Wildman–Crippen LogP) is 3.98. The summed E-state index contributed by atoms with van der Waals surface area (Å²) in [5.74, 6) is 1.61. The summed E-state index contributed by atoms with van der Waals surface area (Å²) in [7, 11) is 1.65. The van der Waals surface area contributed by atoms with Gasteiger partial charge < -0.3 is 14.5 Å². The molecule has 2 aromatic rings. The summed E-state index contributed by atoms with van der Waals surface area (Å²) in [6.45, 7) is 4.13. The maximum absolute atomic E-state index is 13.0. The Balaban J connectivity index is 1.40. The van der Waals surface area contributed by atoms with Crippen LogP contribution in [0.4, 0.5) is 0 Å². The topological polar surface area (TPSA) is 49.9 Å². The number of likely N-dealkylation sites (tertiary alicyclic amines) is 2. The number of ether oxygens (including phenoxy) is 1. The number of nitrogens with zero attached hydrogens (tertiary/aromatic N) is 2. The first-order valence-corrected chi connectivity index (χ1v) is 11.3. The van der Waals surface area contributed by atoms with Crippen molar-refractivity contribution in [3.05, 3.63) is 65.2 Å². The van der Waals surface area contributed by atoms with Crippen LogP contribution < -0.4 is 4.74 Å². The molecule has 164 valence electrons. The van der Waals surface area contributed by atoms with Gasteiger partial charge in [-0.05, 0) is 55.4 Å². The molecule has 2 saturated heterocycles. The van der Waals surface area contributed by atoms with Crippen LogP contribution in [-0.2, 0) is 22.6 Å². The van der Waals surface area contributed by atoms with Crippen molar-refractivity contribution in [1.29, 1.82) is 0 Å². The highest BCUT2D eigenvalue weighted by molar-refractivity contribution is 5.79. The Morgan fingerprint density at radius 3 is 2.45 bits per heavy atom. The molecule has 2 heterocycles. The average Bonchev–Trinajstić information content (AvgIpc) is 3.15. The molecule has 0 unspecified atom stereocenters. The van der Waals surface area contributed by atoms with Gasteiger partial charge in [0.1, 0.15) is 5.75 Å². The van der Waals surface area contributed by atoms with Crippen molar-refractivity contribution in [3.8, 4) is 5.75 Å². The molecule has 0 bridgehead atoms. The number of benzene rings is 2. The fraction of sp³-hybridized carbons (Fsp3) is 0.462. The van der Waals surface area contributed by atoms with Crippen molar-refractivity contribution < 1.29 is 14.3 Å². The Labute approximate surface area is 185 Å². The third kappa shape index (κ3) is 5.09. The highest BCUT2D eigenvalue weighted by Crippen LogP contribution is 2.32. The van der Waals surface area contributed by atoms with Gasteiger partial charge in [-0.1, -0.05) is 42.0 Å². The van der Waals surface area contributed by atoms with Crippen molar-refractivity contribution in [2.45, 2.75) is 51.6 Å². The first-order chi connectivity index (χ1) is 15.0. The monoisotopic (exact) mass is 420 g/mol. The molecule has 0 aromatic heterocycles. The van der Waals surface area contributed by atoms with Gasteiger partial charge in [-0.15, -0.1) is 0 Å². The van der Waals surface area contributed by atoms with Crippen LogP contribution in [0.2, 0.25) is 0 Å². The first kappa shape index (κ1) is 21.4. The maximum atomic E-state index is 13.0. The molecule has 4 rings (SSSR count). The third-order valence-corrected chi connectivity index (χ3v) is 6.71. The molecule has 2 aliphatic heterocycles. The van der Waals surface area contributed by atoms with E-state index in [2.05, 4.69) is 31.2 Å². The zero-order valence-electron chi connectivity index (χ0n) is 18.5. The van der Waals surface area contributed by atoms with E-state index in [-0.39, 0.29) is 17.9 Å². The highest BCUT2D eigenvalue weighted by Gasteiger charge is 2.41. The minimum Gasteiger partial charge on any atom is -0.497 e. The zero-order chi connectivity index (χ0) is 21.8. The molecule has 2 amide bonds. The lowest BCUT2D eigenvalue weighted by Crippen LogP contribution is -2.43. The number of hydrogen-bond donors (Lipinski definition) is 0. The lowest BCUT2D eigenvalue weighted by atomic mass is 9.98. The van der Waals surface area contributed by atoms with E-state index in [1.54, 1.807) is 7.11 Å². The number of hydrogen-bond acceptors (Lipinski definition) is 3. The standard InChI is InChI=1S/C26H32N2O3/c1-19-6-8-21(9-7-19)16-28-24-18-27(17-22(24)4-3-5-26(28)30)25(29)15-12-20-10-13-23(31-2)14-11-20/h6-11,13-14,22,24H,3-5,12,15-18H2,1-2H3/t22-,24+/m1/s1. The van der Waals surface area contributed by atoms with Crippen LogP contribution in [0, 0.1) is 12.8 Å². The Kier molecular flexibility index (Phi) is 6.59. The predicted molar refractivity (Wildman–Crippen MR) is 121 cm³/mol. The van der Waals surface area contributed by atoms with E-state index in [1.807, 2.05) is 34.1 Å². The van der Waals surface area contributed by atoms with Gasteiger partial charge in [0.2, 0.25) is 11.8 Å². The minimum absolute atomic E-state index is 0.126. The molecule has 5 nitrogen and oxygen atoms in total. The SMILES string of the molecule is COc1ccc(CCC(=O)N2C[C@H]3CCCC(=O)N(Cc4ccc(C)cc4)[C@H]3C2)cc1. The molecular formula is C26H32N2O3. The smallest absolute Gasteiger partial charge is 0.223 e. The normalized spacial score (nSPS) is 21.0. The van der Waals surface area contributed by atoms with Crippen molar-refractivity contribution in [2.75, 3.05) is 20.2 Å². The molecule has 0 spiro atoms. The summed E-state index contributed by atoms with van der Waals surface area (Å²) in [6.07, 6.45) is 3.77. The second-order valence-corrected chi connectivity index (χ2v) is 8.87. The number of amides is 2. The summed E-state index contributed by atoms with van der Waals surface area (Å²) in [5, 5.41) is 0. The molecule has 2 atom stereocenters. The Morgan fingerprint density at radius 1 is 1.03 bits per heavy atom. The number of methoxy groups -OCH3 is 1. The van der Waals surface area contributed by atoms with E-state index in [1.165, 1.54) is 5.56 Å². The molecular weight excluding hydrogens is 388 g/mol. The van der Waals surface area contributed by atoms with Gasteiger partial charge in [0.15, 0.2) is 0 Å². The largest absolute Gasteiger partial charge is 0.497 e.